The van der Waals surface area contributed by atoms with Crippen molar-refractivity contribution < 1.29 is 69.6 Å². The number of aliphatic hydroxyl groups excluding tert-OH is 8. The number of likely N-dealkylation sites (N-methyl/N-ethyl adjacent to an activating group) is 2. The second-order valence-electron chi connectivity index (χ2n) is 12.7. The van der Waals surface area contributed by atoms with Gasteiger partial charge in [-0.3, -0.25) is 28.8 Å². The first-order chi connectivity index (χ1) is 27.6. The lowest BCUT2D eigenvalue weighted by Crippen LogP contribution is -2.38. The van der Waals surface area contributed by atoms with Crippen LogP contribution in [0.15, 0.2) is 0 Å². The van der Waals surface area contributed by atoms with E-state index in [1.165, 1.54) is 21.0 Å². The van der Waals surface area contributed by atoms with Gasteiger partial charge in [0.15, 0.2) is 12.2 Å². The molecule has 0 aliphatic rings. The standard InChI is InChI=1S/C34H43I5N6O14/c1-13-18(22(35)20(33(58)44(2)7-14(50)9-46)25(38)27(13)42-29(54)16(52)11-48)31(56)40-5-4-6-41-32(57)19-23(36)21(34(59)45(3)8-15(51)10-47)26(39)28(24(19)37)43-30(55)17(53)12-49/h14-17,46-53H,4-12H2,1-3H3,(H,40,56)(H,41,57)(H,42,54)(H,43,55). The van der Waals surface area contributed by atoms with E-state index in [1.54, 1.807) is 113 Å². The number of carbonyl (C=O) groups is 6. The molecule has 59 heavy (non-hydrogen) atoms. The van der Waals surface area contributed by atoms with Gasteiger partial charge in [0, 0.05) is 47.4 Å². The normalized spacial score (nSPS) is 13.2. The van der Waals surface area contributed by atoms with Crippen LogP contribution in [-0.2, 0) is 9.59 Å². The summed E-state index contributed by atoms with van der Waals surface area (Å²) in [6.07, 6.45) is -6.00. The molecule has 0 saturated carbocycles. The molecule has 0 saturated heterocycles. The summed E-state index contributed by atoms with van der Waals surface area (Å²) >= 11 is 9.00. The van der Waals surface area contributed by atoms with E-state index in [2.05, 4.69) is 21.3 Å². The van der Waals surface area contributed by atoms with E-state index in [-0.39, 0.29) is 89.6 Å². The van der Waals surface area contributed by atoms with Crippen molar-refractivity contribution in [3.8, 4) is 0 Å². The average molecular weight is 1390 g/mol. The monoisotopic (exact) mass is 1390 g/mol. The van der Waals surface area contributed by atoms with E-state index in [0.29, 0.717) is 0 Å². The number of anilines is 2. The van der Waals surface area contributed by atoms with Crippen LogP contribution in [0.25, 0.3) is 0 Å². The molecule has 0 fully saturated rings. The molecule has 12 N–H and O–H groups in total. The van der Waals surface area contributed by atoms with Gasteiger partial charge in [0.25, 0.3) is 35.4 Å². The smallest absolute Gasteiger partial charge is 0.255 e. The zero-order chi connectivity index (χ0) is 45.0. The number of amides is 6. The van der Waals surface area contributed by atoms with E-state index in [0.717, 1.165) is 9.80 Å². The summed E-state index contributed by atoms with van der Waals surface area (Å²) in [4.78, 5) is 82.2. The van der Waals surface area contributed by atoms with Crippen LogP contribution in [-0.4, -0.2) is 177 Å². The van der Waals surface area contributed by atoms with Gasteiger partial charge < -0.3 is 71.9 Å². The summed E-state index contributed by atoms with van der Waals surface area (Å²) < 4.78 is 0.944. The third kappa shape index (κ3) is 13.8. The molecule has 4 atom stereocenters. The lowest BCUT2D eigenvalue weighted by atomic mass is 10.0. The molecular weight excluding hydrogens is 1350 g/mol. The van der Waals surface area contributed by atoms with Gasteiger partial charge in [-0.15, -0.1) is 0 Å². The Morgan fingerprint density at radius 1 is 0.542 bits per heavy atom. The Morgan fingerprint density at radius 3 is 1.31 bits per heavy atom. The summed E-state index contributed by atoms with van der Waals surface area (Å²) in [5, 5.41) is 87.2. The Labute approximate surface area is 406 Å². The third-order valence-electron chi connectivity index (χ3n) is 8.28. The molecule has 0 aliphatic heterocycles. The highest BCUT2D eigenvalue weighted by Crippen LogP contribution is 2.37. The summed E-state index contributed by atoms with van der Waals surface area (Å²) in [5.74, 6) is -4.69. The number of carbonyl (C=O) groups excluding carboxylic acids is 6. The average Bonchev–Trinajstić information content (AvgIpc) is 3.19. The highest BCUT2D eigenvalue weighted by molar-refractivity contribution is 14.1. The maximum absolute atomic E-state index is 13.7. The largest absolute Gasteiger partial charge is 0.394 e. The third-order valence-corrected chi connectivity index (χ3v) is 13.7. The second kappa shape index (κ2) is 25.0. The fourth-order valence-electron chi connectivity index (χ4n) is 5.11. The molecule has 20 nitrogen and oxygen atoms in total. The zero-order valence-corrected chi connectivity index (χ0v) is 42.3. The summed E-state index contributed by atoms with van der Waals surface area (Å²) in [5.41, 5.74) is 0.145. The van der Waals surface area contributed by atoms with E-state index >= 15 is 0 Å². The SMILES string of the molecule is Cc1c(NC(=O)C(O)CO)c(I)c(C(=O)N(C)CC(O)CO)c(I)c1C(=O)NCCCNC(=O)c1c(I)c(NC(=O)C(O)CO)c(I)c(C(=O)N(C)CC(O)CO)c1I. The van der Waals surface area contributed by atoms with Crippen molar-refractivity contribution in [3.63, 3.8) is 0 Å². The van der Waals surface area contributed by atoms with Crippen molar-refractivity contribution in [3.05, 3.63) is 45.7 Å². The van der Waals surface area contributed by atoms with Gasteiger partial charge in [0.1, 0.15) is 0 Å². The van der Waals surface area contributed by atoms with Crippen LogP contribution in [0.5, 0.6) is 0 Å². The first kappa shape index (κ1) is 53.7. The van der Waals surface area contributed by atoms with Crippen LogP contribution < -0.4 is 21.3 Å². The van der Waals surface area contributed by atoms with Gasteiger partial charge >= 0.3 is 0 Å². The van der Waals surface area contributed by atoms with Crippen molar-refractivity contribution in [2.75, 3.05) is 77.3 Å². The Balaban J connectivity index is 2.44. The maximum atomic E-state index is 13.7. The molecule has 2 rings (SSSR count). The van der Waals surface area contributed by atoms with Crippen LogP contribution >= 0.6 is 113 Å². The van der Waals surface area contributed by atoms with Crippen LogP contribution in [0.1, 0.15) is 53.4 Å². The van der Waals surface area contributed by atoms with Gasteiger partial charge in [0.2, 0.25) is 0 Å². The molecule has 6 amide bonds. The van der Waals surface area contributed by atoms with Crippen molar-refractivity contribution in [2.24, 2.45) is 0 Å². The van der Waals surface area contributed by atoms with Gasteiger partial charge in [-0.2, -0.15) is 0 Å². The predicted octanol–water partition coefficient (Wildman–Crippen LogP) is -0.998. The van der Waals surface area contributed by atoms with E-state index < -0.39 is 86.3 Å². The maximum Gasteiger partial charge on any atom is 0.255 e. The molecule has 2 aromatic rings. The fraction of sp³-hybridized carbons (Fsp3) is 0.471. The molecular formula is C34H43I5N6O14. The summed E-state index contributed by atoms with van der Waals surface area (Å²) in [6, 6.07) is 0. The van der Waals surface area contributed by atoms with E-state index in [1.807, 2.05) is 0 Å². The van der Waals surface area contributed by atoms with Crippen molar-refractivity contribution in [1.29, 1.82) is 0 Å². The Bertz CT molecular complexity index is 1790. The molecule has 0 radical (unpaired) electrons. The summed E-state index contributed by atoms with van der Waals surface area (Å²) in [7, 11) is 2.74. The number of benzene rings is 2. The molecule has 0 spiro atoms. The topological polar surface area (TPSA) is 319 Å². The first-order valence-corrected chi connectivity index (χ1v) is 22.6. The van der Waals surface area contributed by atoms with E-state index in [9.17, 15) is 69.6 Å². The number of halogens is 5. The molecule has 328 valence electrons. The molecule has 2 aromatic carbocycles. The molecule has 0 bridgehead atoms. The zero-order valence-electron chi connectivity index (χ0n) is 31.5. The minimum atomic E-state index is -1.81. The number of hydrogen-bond acceptors (Lipinski definition) is 14. The number of nitrogens with zero attached hydrogens (tertiary/aromatic N) is 2. The van der Waals surface area contributed by atoms with Crippen molar-refractivity contribution >= 4 is 160 Å². The quantitative estimate of drug-likeness (QED) is 0.0560. The van der Waals surface area contributed by atoms with E-state index in [4.69, 9.17) is 0 Å². The lowest BCUT2D eigenvalue weighted by molar-refractivity contribution is -0.126. The predicted molar refractivity (Wildman–Crippen MR) is 254 cm³/mol. The minimum Gasteiger partial charge on any atom is -0.394 e. The van der Waals surface area contributed by atoms with Gasteiger partial charge in [-0.1, -0.05) is 0 Å². The molecule has 0 heterocycles. The summed E-state index contributed by atoms with van der Waals surface area (Å²) in [6.45, 7) is -2.12. The van der Waals surface area contributed by atoms with Crippen LogP contribution in [0.3, 0.4) is 0 Å². The van der Waals surface area contributed by atoms with Crippen LogP contribution in [0.4, 0.5) is 11.4 Å². The Hall–Kier alpha value is -1.41. The van der Waals surface area contributed by atoms with Crippen molar-refractivity contribution in [2.45, 2.75) is 37.8 Å². The number of aliphatic hydroxyl groups is 8. The Morgan fingerprint density at radius 2 is 0.898 bits per heavy atom. The minimum absolute atomic E-state index is 0.00136. The van der Waals surface area contributed by atoms with Gasteiger partial charge in [-0.25, -0.2) is 0 Å². The molecule has 4 unspecified atom stereocenters. The van der Waals surface area contributed by atoms with Gasteiger partial charge in [-0.05, 0) is 132 Å². The number of nitrogens with one attached hydrogen (secondary N) is 4. The molecule has 25 heteroatoms. The fourth-order valence-corrected chi connectivity index (χ4v) is 12.2. The first-order valence-electron chi connectivity index (χ1n) is 17.2. The van der Waals surface area contributed by atoms with Crippen molar-refractivity contribution in [1.82, 2.24) is 20.4 Å². The number of hydrogen-bond donors (Lipinski definition) is 12. The highest BCUT2D eigenvalue weighted by atomic mass is 127. The van der Waals surface area contributed by atoms with Gasteiger partial charge in [0.05, 0.1) is 83.0 Å². The van der Waals surface area contributed by atoms with Crippen LogP contribution in [0.2, 0.25) is 0 Å². The highest BCUT2D eigenvalue weighted by Gasteiger charge is 2.33. The van der Waals surface area contributed by atoms with Crippen LogP contribution in [0, 0.1) is 24.8 Å². The lowest BCUT2D eigenvalue weighted by Gasteiger charge is -2.25. The molecule has 0 aromatic heterocycles. The second-order valence-corrected chi connectivity index (χ2v) is 18.1. The number of rotatable bonds is 20. The molecule has 0 aliphatic carbocycles. The Kier molecular flexibility index (Phi) is 22.8.